The predicted molar refractivity (Wildman–Crippen MR) is 135 cm³/mol. The number of hydrogen-bond donors (Lipinski definition) is 2. The maximum absolute atomic E-state index is 11.4. The van der Waals surface area contributed by atoms with Gasteiger partial charge in [-0.15, -0.1) is 0 Å². The van der Waals surface area contributed by atoms with Gasteiger partial charge in [-0.05, 0) is 74.4 Å². The Hall–Kier alpha value is -3.16. The van der Waals surface area contributed by atoms with Gasteiger partial charge in [0.2, 0.25) is 0 Å². The van der Waals surface area contributed by atoms with Crippen molar-refractivity contribution in [1.82, 2.24) is 9.88 Å². The number of benzene rings is 2. The first kappa shape index (κ1) is 24.9. The van der Waals surface area contributed by atoms with Crippen molar-refractivity contribution in [3.63, 3.8) is 0 Å². The Kier molecular flexibility index (Phi) is 8.55. The molecule has 0 spiro atoms. The minimum absolute atomic E-state index is 0.0776. The summed E-state index contributed by atoms with van der Waals surface area (Å²) in [5.74, 6) is 0.723. The summed E-state index contributed by atoms with van der Waals surface area (Å²) in [7, 11) is 1.60. The fraction of sp³-hybridized carbons (Fsp3) is 0.429. The summed E-state index contributed by atoms with van der Waals surface area (Å²) in [6.45, 7) is 2.41. The molecule has 2 heterocycles. The summed E-state index contributed by atoms with van der Waals surface area (Å²) in [4.78, 5) is 18.1. The summed E-state index contributed by atoms with van der Waals surface area (Å²) >= 11 is 0. The molecule has 0 amide bonds. The molecule has 186 valence electrons. The van der Waals surface area contributed by atoms with Gasteiger partial charge in [0.25, 0.3) is 0 Å². The molecule has 4 rings (SSSR count). The van der Waals surface area contributed by atoms with Crippen LogP contribution in [-0.4, -0.2) is 59.1 Å². The number of fused-ring (bicyclic) bond motifs is 1. The highest BCUT2D eigenvalue weighted by Gasteiger charge is 2.32. The summed E-state index contributed by atoms with van der Waals surface area (Å²) in [6.07, 6.45) is 3.44. The maximum atomic E-state index is 11.4. The highest BCUT2D eigenvalue weighted by atomic mass is 16.7. The maximum Gasteiger partial charge on any atom is 0.506 e. The van der Waals surface area contributed by atoms with Crippen LogP contribution in [0.15, 0.2) is 60.8 Å². The molecule has 1 aliphatic heterocycles. The van der Waals surface area contributed by atoms with Crippen molar-refractivity contribution < 1.29 is 24.5 Å². The van der Waals surface area contributed by atoms with Crippen molar-refractivity contribution in [1.29, 1.82) is 0 Å². The summed E-state index contributed by atoms with van der Waals surface area (Å²) in [5, 5.41) is 21.2. The Morgan fingerprint density at radius 1 is 1.20 bits per heavy atom. The third-order valence-electron chi connectivity index (χ3n) is 6.95. The van der Waals surface area contributed by atoms with Crippen LogP contribution in [0.1, 0.15) is 42.9 Å². The van der Waals surface area contributed by atoms with E-state index in [1.807, 2.05) is 30.3 Å². The van der Waals surface area contributed by atoms with Gasteiger partial charge in [0.1, 0.15) is 11.9 Å². The number of aromatic nitrogens is 1. The molecule has 1 saturated heterocycles. The number of carbonyl (C=O) groups is 1. The number of aliphatic hydroxyl groups excluding tert-OH is 1. The molecule has 2 aromatic carbocycles. The van der Waals surface area contributed by atoms with Crippen LogP contribution >= 0.6 is 0 Å². The van der Waals surface area contributed by atoms with Gasteiger partial charge in [-0.2, -0.15) is 0 Å². The Labute approximate surface area is 206 Å². The highest BCUT2D eigenvalue weighted by Crippen LogP contribution is 2.32. The molecule has 1 fully saturated rings. The first-order chi connectivity index (χ1) is 17.0. The Morgan fingerprint density at radius 3 is 2.80 bits per heavy atom. The lowest BCUT2D eigenvalue weighted by Crippen LogP contribution is -2.46. The van der Waals surface area contributed by atoms with Gasteiger partial charge in [0, 0.05) is 11.9 Å². The molecule has 3 aromatic rings. The number of hydrogen-bond acceptors (Lipinski definition) is 6. The molecule has 35 heavy (non-hydrogen) atoms. The molecule has 1 aliphatic rings. The third kappa shape index (κ3) is 6.71. The van der Waals surface area contributed by atoms with Gasteiger partial charge >= 0.3 is 6.16 Å². The molecule has 0 radical (unpaired) electrons. The Bertz CT molecular complexity index is 1110. The SMILES string of the molecule is COc1cnc2cccc(C(O)CC[C@@H]3CCN(CCCc4ccccc4)C[C@@H]3OC(=O)O)c2c1. The number of piperidine rings is 1. The lowest BCUT2D eigenvalue weighted by atomic mass is 9.87. The average Bonchev–Trinajstić information content (AvgIpc) is 2.87. The number of carboxylic acid groups (broad SMARTS) is 1. The lowest BCUT2D eigenvalue weighted by molar-refractivity contribution is -0.0238. The van der Waals surface area contributed by atoms with E-state index in [9.17, 15) is 15.0 Å². The molecule has 0 saturated carbocycles. The van der Waals surface area contributed by atoms with E-state index in [-0.39, 0.29) is 12.0 Å². The van der Waals surface area contributed by atoms with Gasteiger partial charge in [-0.1, -0.05) is 42.5 Å². The van der Waals surface area contributed by atoms with Crippen molar-refractivity contribution in [2.45, 2.75) is 44.3 Å². The van der Waals surface area contributed by atoms with Crippen LogP contribution in [0.3, 0.4) is 0 Å². The van der Waals surface area contributed by atoms with Crippen molar-refractivity contribution in [3.8, 4) is 5.75 Å². The van der Waals surface area contributed by atoms with E-state index in [0.29, 0.717) is 25.1 Å². The first-order valence-electron chi connectivity index (χ1n) is 12.3. The van der Waals surface area contributed by atoms with E-state index in [4.69, 9.17) is 9.47 Å². The molecule has 2 N–H and O–H groups in total. The molecule has 1 unspecified atom stereocenters. The molecule has 0 aliphatic carbocycles. The fourth-order valence-corrected chi connectivity index (χ4v) is 5.06. The van der Waals surface area contributed by atoms with Gasteiger partial charge in [0.05, 0.1) is 24.9 Å². The van der Waals surface area contributed by atoms with Crippen LogP contribution < -0.4 is 4.74 Å². The number of pyridine rings is 1. The standard InChI is InChI=1S/C28H34N2O5/c1-34-22-17-24-23(10-5-11-25(24)29-18-22)26(31)13-12-21-14-16-30(19-27(21)35-28(32)33)15-6-9-20-7-3-2-4-8-20/h2-5,7-8,10-11,17-18,21,26-27,31H,6,9,12-16,19H2,1H3,(H,32,33)/t21-,26?,27+/m1/s1. The van der Waals surface area contributed by atoms with Crippen molar-refractivity contribution >= 4 is 17.1 Å². The average molecular weight is 479 g/mol. The number of nitrogens with zero attached hydrogens (tertiary/aromatic N) is 2. The zero-order chi connectivity index (χ0) is 24.6. The van der Waals surface area contributed by atoms with Gasteiger partial charge in [0.15, 0.2) is 0 Å². The smallest absolute Gasteiger partial charge is 0.495 e. The quantitative estimate of drug-likeness (QED) is 0.393. The molecular formula is C28H34N2O5. The van der Waals surface area contributed by atoms with Crippen molar-refractivity contribution in [2.24, 2.45) is 5.92 Å². The summed E-state index contributed by atoms with van der Waals surface area (Å²) in [6, 6.07) is 18.0. The normalized spacial score (nSPS) is 19.4. The third-order valence-corrected chi connectivity index (χ3v) is 6.95. The second kappa shape index (κ2) is 12.0. The van der Waals surface area contributed by atoms with Gasteiger partial charge < -0.3 is 19.7 Å². The predicted octanol–water partition coefficient (Wildman–Crippen LogP) is 5.07. The van der Waals surface area contributed by atoms with Crippen LogP contribution in [0.5, 0.6) is 5.75 Å². The number of aliphatic hydroxyl groups is 1. The van der Waals surface area contributed by atoms with E-state index < -0.39 is 12.3 Å². The van der Waals surface area contributed by atoms with Crippen LogP contribution in [0, 0.1) is 5.92 Å². The number of likely N-dealkylation sites (tertiary alicyclic amines) is 1. The molecule has 7 heteroatoms. The van der Waals surface area contributed by atoms with Crippen molar-refractivity contribution in [2.75, 3.05) is 26.7 Å². The number of rotatable bonds is 10. The largest absolute Gasteiger partial charge is 0.506 e. The lowest BCUT2D eigenvalue weighted by Gasteiger charge is -2.37. The van der Waals surface area contributed by atoms with Crippen LogP contribution in [0.25, 0.3) is 10.9 Å². The van der Waals surface area contributed by atoms with Crippen LogP contribution in [0.4, 0.5) is 4.79 Å². The summed E-state index contributed by atoms with van der Waals surface area (Å²) in [5.41, 5.74) is 2.93. The Morgan fingerprint density at radius 2 is 2.03 bits per heavy atom. The molecule has 0 bridgehead atoms. The zero-order valence-electron chi connectivity index (χ0n) is 20.2. The van der Waals surface area contributed by atoms with E-state index in [1.54, 1.807) is 13.3 Å². The monoisotopic (exact) mass is 478 g/mol. The van der Waals surface area contributed by atoms with Crippen LogP contribution in [0.2, 0.25) is 0 Å². The van der Waals surface area contributed by atoms with E-state index in [2.05, 4.69) is 34.1 Å². The number of ether oxygens (including phenoxy) is 2. The molecular weight excluding hydrogens is 444 g/mol. The number of aryl methyl sites for hydroxylation is 1. The van der Waals surface area contributed by atoms with Crippen molar-refractivity contribution in [3.05, 3.63) is 71.9 Å². The minimum atomic E-state index is -1.24. The van der Waals surface area contributed by atoms with Gasteiger partial charge in [-0.25, -0.2) is 4.79 Å². The minimum Gasteiger partial charge on any atom is -0.495 e. The fourth-order valence-electron chi connectivity index (χ4n) is 5.06. The number of methoxy groups -OCH3 is 1. The van der Waals surface area contributed by atoms with Gasteiger partial charge in [-0.3, -0.25) is 9.88 Å². The zero-order valence-corrected chi connectivity index (χ0v) is 20.2. The second-order valence-electron chi connectivity index (χ2n) is 9.24. The van der Waals surface area contributed by atoms with E-state index >= 15 is 0 Å². The molecule has 7 nitrogen and oxygen atoms in total. The molecule has 1 aromatic heterocycles. The Balaban J connectivity index is 1.35. The van der Waals surface area contributed by atoms with Crippen LogP contribution in [-0.2, 0) is 11.2 Å². The molecule has 3 atom stereocenters. The highest BCUT2D eigenvalue weighted by molar-refractivity contribution is 5.83. The van der Waals surface area contributed by atoms with E-state index in [1.165, 1.54) is 5.56 Å². The summed E-state index contributed by atoms with van der Waals surface area (Å²) < 4.78 is 10.6. The second-order valence-corrected chi connectivity index (χ2v) is 9.24. The topological polar surface area (TPSA) is 92.1 Å². The first-order valence-corrected chi connectivity index (χ1v) is 12.3. The van der Waals surface area contributed by atoms with E-state index in [0.717, 1.165) is 48.8 Å².